The zero-order valence-electron chi connectivity index (χ0n) is 9.08. The molecule has 0 aliphatic carbocycles. The van der Waals surface area contributed by atoms with Crippen LogP contribution in [0.25, 0.3) is 0 Å². The highest BCUT2D eigenvalue weighted by atomic mass is 16.2. The Kier molecular flexibility index (Phi) is 4.55. The lowest BCUT2D eigenvalue weighted by molar-refractivity contribution is -0.130. The van der Waals surface area contributed by atoms with Crippen molar-refractivity contribution in [3.8, 4) is 0 Å². The van der Waals surface area contributed by atoms with E-state index in [1.807, 2.05) is 6.92 Å². The predicted molar refractivity (Wildman–Crippen MR) is 57.1 cm³/mol. The van der Waals surface area contributed by atoms with E-state index >= 15 is 0 Å². The molecule has 2 atom stereocenters. The van der Waals surface area contributed by atoms with Crippen molar-refractivity contribution in [2.45, 2.75) is 44.7 Å². The van der Waals surface area contributed by atoms with Crippen LogP contribution in [-0.4, -0.2) is 30.4 Å². The number of amides is 2. The van der Waals surface area contributed by atoms with Crippen LogP contribution in [0.2, 0.25) is 0 Å². The Morgan fingerprint density at radius 1 is 1.73 bits per heavy atom. The van der Waals surface area contributed by atoms with Gasteiger partial charge in [0.1, 0.15) is 6.04 Å². The minimum Gasteiger partial charge on any atom is -0.354 e. The van der Waals surface area contributed by atoms with Gasteiger partial charge in [0.2, 0.25) is 11.8 Å². The molecule has 1 heterocycles. The minimum atomic E-state index is -0.365. The van der Waals surface area contributed by atoms with E-state index in [9.17, 15) is 9.59 Å². The van der Waals surface area contributed by atoms with Crippen LogP contribution in [0.5, 0.6) is 0 Å². The van der Waals surface area contributed by atoms with Gasteiger partial charge in [-0.1, -0.05) is 6.92 Å². The molecule has 0 aromatic rings. The fourth-order valence-corrected chi connectivity index (χ4v) is 1.55. The van der Waals surface area contributed by atoms with Gasteiger partial charge in [-0.15, -0.1) is 0 Å². The third kappa shape index (κ3) is 3.87. The van der Waals surface area contributed by atoms with E-state index in [1.165, 1.54) is 0 Å². The quantitative estimate of drug-likeness (QED) is 0.589. The molecule has 0 aromatic carbocycles. The van der Waals surface area contributed by atoms with Gasteiger partial charge < -0.3 is 16.4 Å². The standard InChI is InChI=1S/C10H19N3O2/c1-2-7(11)6-9(14)13-8-4-3-5-12-10(8)15/h7-8H,2-6,11H2,1H3,(H,12,15)(H,13,14). The van der Waals surface area contributed by atoms with E-state index in [-0.39, 0.29) is 23.9 Å². The Hall–Kier alpha value is -1.10. The lowest BCUT2D eigenvalue weighted by Crippen LogP contribution is -2.50. The number of hydrogen-bond donors (Lipinski definition) is 3. The molecule has 0 radical (unpaired) electrons. The molecule has 86 valence electrons. The van der Waals surface area contributed by atoms with Crippen molar-refractivity contribution in [2.24, 2.45) is 5.73 Å². The minimum absolute atomic E-state index is 0.0836. The lowest BCUT2D eigenvalue weighted by Gasteiger charge is -2.23. The first-order valence-corrected chi connectivity index (χ1v) is 5.46. The highest BCUT2D eigenvalue weighted by Crippen LogP contribution is 2.03. The van der Waals surface area contributed by atoms with Crippen molar-refractivity contribution in [3.05, 3.63) is 0 Å². The van der Waals surface area contributed by atoms with Crippen molar-refractivity contribution in [2.75, 3.05) is 6.54 Å². The zero-order chi connectivity index (χ0) is 11.3. The molecule has 2 amide bonds. The number of nitrogens with two attached hydrogens (primary N) is 1. The number of carbonyl (C=O) groups excluding carboxylic acids is 2. The molecule has 1 rings (SSSR count). The first-order valence-electron chi connectivity index (χ1n) is 5.46. The topological polar surface area (TPSA) is 84.2 Å². The molecule has 1 aliphatic rings. The summed E-state index contributed by atoms with van der Waals surface area (Å²) in [4.78, 5) is 22.8. The maximum absolute atomic E-state index is 11.5. The molecular formula is C10H19N3O2. The predicted octanol–water partition coefficient (Wildman–Crippen LogP) is -0.491. The van der Waals surface area contributed by atoms with Gasteiger partial charge in [0.25, 0.3) is 0 Å². The first kappa shape index (κ1) is 12.0. The van der Waals surface area contributed by atoms with Crippen molar-refractivity contribution in [1.29, 1.82) is 0 Å². The molecule has 4 N–H and O–H groups in total. The van der Waals surface area contributed by atoms with Gasteiger partial charge in [-0.3, -0.25) is 9.59 Å². The van der Waals surface area contributed by atoms with Crippen LogP contribution in [0.1, 0.15) is 32.6 Å². The van der Waals surface area contributed by atoms with E-state index < -0.39 is 0 Å². The third-order valence-electron chi connectivity index (χ3n) is 2.59. The van der Waals surface area contributed by atoms with E-state index in [2.05, 4.69) is 10.6 Å². The molecule has 0 bridgehead atoms. The summed E-state index contributed by atoms with van der Waals surface area (Å²) < 4.78 is 0. The van der Waals surface area contributed by atoms with Crippen molar-refractivity contribution < 1.29 is 9.59 Å². The Morgan fingerprint density at radius 2 is 2.47 bits per heavy atom. The number of rotatable bonds is 4. The van der Waals surface area contributed by atoms with Crippen LogP contribution in [0.15, 0.2) is 0 Å². The Balaban J connectivity index is 2.33. The average Bonchev–Trinajstić information content (AvgIpc) is 2.21. The second-order valence-corrected chi connectivity index (χ2v) is 3.93. The number of nitrogens with one attached hydrogen (secondary N) is 2. The van der Waals surface area contributed by atoms with Crippen LogP contribution in [0.3, 0.4) is 0 Å². The fourth-order valence-electron chi connectivity index (χ4n) is 1.55. The molecule has 15 heavy (non-hydrogen) atoms. The number of hydrogen-bond acceptors (Lipinski definition) is 3. The third-order valence-corrected chi connectivity index (χ3v) is 2.59. The zero-order valence-corrected chi connectivity index (χ0v) is 9.08. The Labute approximate surface area is 89.8 Å². The molecule has 1 saturated heterocycles. The molecule has 5 heteroatoms. The molecule has 1 aliphatic heterocycles. The van der Waals surface area contributed by atoms with Gasteiger partial charge in [-0.2, -0.15) is 0 Å². The highest BCUT2D eigenvalue weighted by molar-refractivity contribution is 5.88. The average molecular weight is 213 g/mol. The Bertz CT molecular complexity index is 243. The van der Waals surface area contributed by atoms with Crippen LogP contribution >= 0.6 is 0 Å². The summed E-state index contributed by atoms with van der Waals surface area (Å²) >= 11 is 0. The van der Waals surface area contributed by atoms with Crippen LogP contribution in [0.4, 0.5) is 0 Å². The van der Waals surface area contributed by atoms with Gasteiger partial charge in [0, 0.05) is 19.0 Å². The van der Waals surface area contributed by atoms with E-state index in [4.69, 9.17) is 5.73 Å². The van der Waals surface area contributed by atoms with Crippen LogP contribution in [-0.2, 0) is 9.59 Å². The van der Waals surface area contributed by atoms with Crippen LogP contribution < -0.4 is 16.4 Å². The summed E-state index contributed by atoms with van der Waals surface area (Å²) in [6.07, 6.45) is 2.69. The summed E-state index contributed by atoms with van der Waals surface area (Å²) in [5.41, 5.74) is 5.65. The van der Waals surface area contributed by atoms with Crippen LogP contribution in [0, 0.1) is 0 Å². The Morgan fingerprint density at radius 3 is 3.07 bits per heavy atom. The fraction of sp³-hybridized carbons (Fsp3) is 0.800. The summed E-state index contributed by atoms with van der Waals surface area (Å²) in [6, 6.07) is -0.480. The normalized spacial score (nSPS) is 23.1. The molecule has 1 fully saturated rings. The van der Waals surface area contributed by atoms with Gasteiger partial charge >= 0.3 is 0 Å². The molecule has 2 unspecified atom stereocenters. The van der Waals surface area contributed by atoms with E-state index in [0.717, 1.165) is 19.3 Å². The smallest absolute Gasteiger partial charge is 0.242 e. The molecular weight excluding hydrogens is 194 g/mol. The number of carbonyl (C=O) groups is 2. The van der Waals surface area contributed by atoms with Gasteiger partial charge in [0.05, 0.1) is 0 Å². The second kappa shape index (κ2) is 5.70. The van der Waals surface area contributed by atoms with Crippen molar-refractivity contribution in [1.82, 2.24) is 10.6 Å². The SMILES string of the molecule is CCC(N)CC(=O)NC1CCCNC1=O. The van der Waals surface area contributed by atoms with Gasteiger partial charge in [0.15, 0.2) is 0 Å². The summed E-state index contributed by atoms with van der Waals surface area (Å²) in [6.45, 7) is 2.64. The first-order chi connectivity index (χ1) is 7.13. The van der Waals surface area contributed by atoms with Gasteiger partial charge in [-0.05, 0) is 19.3 Å². The summed E-state index contributed by atoms with van der Waals surface area (Å²) in [5, 5.41) is 5.42. The largest absolute Gasteiger partial charge is 0.354 e. The van der Waals surface area contributed by atoms with Gasteiger partial charge in [-0.25, -0.2) is 0 Å². The summed E-state index contributed by atoms with van der Waals surface area (Å²) in [5.74, 6) is -0.217. The highest BCUT2D eigenvalue weighted by Gasteiger charge is 2.23. The second-order valence-electron chi connectivity index (χ2n) is 3.93. The lowest BCUT2D eigenvalue weighted by atomic mass is 10.1. The molecule has 0 aromatic heterocycles. The van der Waals surface area contributed by atoms with Crippen molar-refractivity contribution in [3.63, 3.8) is 0 Å². The number of piperidine rings is 1. The summed E-state index contributed by atoms with van der Waals surface area (Å²) in [7, 11) is 0. The van der Waals surface area contributed by atoms with E-state index in [1.54, 1.807) is 0 Å². The molecule has 0 spiro atoms. The van der Waals surface area contributed by atoms with Crippen molar-refractivity contribution >= 4 is 11.8 Å². The molecule has 0 saturated carbocycles. The maximum atomic E-state index is 11.5. The monoisotopic (exact) mass is 213 g/mol. The van der Waals surface area contributed by atoms with E-state index in [0.29, 0.717) is 13.0 Å². The maximum Gasteiger partial charge on any atom is 0.242 e. The molecule has 5 nitrogen and oxygen atoms in total.